The van der Waals surface area contributed by atoms with E-state index in [9.17, 15) is 0 Å². The van der Waals surface area contributed by atoms with Gasteiger partial charge in [0.15, 0.2) is 0 Å². The summed E-state index contributed by atoms with van der Waals surface area (Å²) in [6.45, 7) is 52.0. The number of halogens is 7. The molecule has 0 aliphatic heterocycles. The number of hydrogen-bond acceptors (Lipinski definition) is 1. The van der Waals surface area contributed by atoms with Gasteiger partial charge in [-0.15, -0.1) is 0 Å². The number of aryl methyl sites for hydroxylation is 3. The van der Waals surface area contributed by atoms with Crippen molar-refractivity contribution in [2.24, 2.45) is 0 Å². The molecule has 450 valence electrons. The molecule has 82 heavy (non-hydrogen) atoms. The molecule has 0 heterocycles. The molecule has 0 bridgehead atoms. The van der Waals surface area contributed by atoms with Crippen molar-refractivity contribution in [2.45, 2.75) is 204 Å². The van der Waals surface area contributed by atoms with Crippen LogP contribution in [0.25, 0.3) is 0 Å². The predicted molar refractivity (Wildman–Crippen MR) is 372 cm³/mol. The second-order valence-electron chi connectivity index (χ2n) is 27.9. The minimum absolute atomic E-state index is 0.00935. The SMILES string of the molecule is CC(C)(C)c1c(Cl)cccc1Cl.CC(C)(C)c1cc(Cl)ccc1Cl.CC(C)(C)c1ccccc1Cl.COc1ccccc1C(C)(C)C.Cc1cc(Cl)ccc1C(C)(C)C.Cc1ccc(Cl)cc1C(C)(C)C.Cc1ccccc1C(C)(C)C. The van der Waals surface area contributed by atoms with Gasteiger partial charge in [0.2, 0.25) is 0 Å². The number of para-hydroxylation sites is 1. The fraction of sp³-hybridized carbons (Fsp3) is 0.432. The third-order valence-electron chi connectivity index (χ3n) is 13.0. The maximum atomic E-state index is 6.03. The third kappa shape index (κ3) is 27.2. The minimum Gasteiger partial charge on any atom is -0.496 e. The summed E-state index contributed by atoms with van der Waals surface area (Å²) in [6, 6.07) is 48.0. The van der Waals surface area contributed by atoms with Crippen LogP contribution in [0.3, 0.4) is 0 Å². The summed E-state index contributed by atoms with van der Waals surface area (Å²) < 4.78 is 5.27. The summed E-state index contributed by atoms with van der Waals surface area (Å²) in [5.74, 6) is 0.977. The van der Waals surface area contributed by atoms with Gasteiger partial charge in [-0.2, -0.15) is 0 Å². The van der Waals surface area contributed by atoms with Crippen LogP contribution in [0, 0.1) is 20.8 Å². The van der Waals surface area contributed by atoms with Crippen molar-refractivity contribution >= 4 is 81.2 Å². The molecule has 1 nitrogen and oxygen atoms in total. The molecule has 7 aromatic carbocycles. The lowest BCUT2D eigenvalue weighted by Gasteiger charge is -2.21. The normalized spacial score (nSPS) is 11.7. The second kappa shape index (κ2) is 32.8. The Bertz CT molecular complexity index is 2910. The van der Waals surface area contributed by atoms with Crippen molar-refractivity contribution in [3.63, 3.8) is 0 Å². The second-order valence-corrected chi connectivity index (χ2v) is 30.8. The molecule has 0 N–H and O–H groups in total. The number of ether oxygens (including phenoxy) is 1. The topological polar surface area (TPSA) is 9.23 Å². The number of methoxy groups -OCH3 is 1. The van der Waals surface area contributed by atoms with Crippen molar-refractivity contribution in [1.82, 2.24) is 0 Å². The Kier molecular flexibility index (Phi) is 30.5. The average Bonchev–Trinajstić information content (AvgIpc) is 3.32. The van der Waals surface area contributed by atoms with Gasteiger partial charge in [0.1, 0.15) is 5.75 Å². The molecule has 0 amide bonds. The average molecular weight is 1250 g/mol. The maximum absolute atomic E-state index is 6.03. The van der Waals surface area contributed by atoms with Gasteiger partial charge < -0.3 is 4.74 Å². The molecule has 0 unspecified atom stereocenters. The summed E-state index contributed by atoms with van der Waals surface area (Å²) >= 11 is 41.7. The van der Waals surface area contributed by atoms with Crippen LogP contribution < -0.4 is 4.74 Å². The van der Waals surface area contributed by atoms with E-state index < -0.39 is 0 Å². The first-order valence-electron chi connectivity index (χ1n) is 28.1. The smallest absolute Gasteiger partial charge is 0.122 e. The quantitative estimate of drug-likeness (QED) is 0.159. The largest absolute Gasteiger partial charge is 0.496 e. The summed E-state index contributed by atoms with van der Waals surface area (Å²) in [5, 5.41) is 5.52. The van der Waals surface area contributed by atoms with E-state index in [1.165, 1.54) is 44.5 Å². The molecule has 0 aromatic heterocycles. The van der Waals surface area contributed by atoms with Gasteiger partial charge in [0.25, 0.3) is 0 Å². The van der Waals surface area contributed by atoms with Crippen molar-refractivity contribution in [3.8, 4) is 5.75 Å². The lowest BCUT2D eigenvalue weighted by Crippen LogP contribution is -2.12. The number of hydrogen-bond donors (Lipinski definition) is 0. The van der Waals surface area contributed by atoms with Crippen LogP contribution in [-0.2, 0) is 37.9 Å². The molecular weight excluding hydrogens is 1150 g/mol. The van der Waals surface area contributed by atoms with Crippen LogP contribution >= 0.6 is 81.2 Å². The molecule has 0 radical (unpaired) electrons. The Morgan fingerprint density at radius 3 is 0.927 bits per heavy atom. The first-order chi connectivity index (χ1) is 37.2. The Morgan fingerprint density at radius 2 is 0.585 bits per heavy atom. The van der Waals surface area contributed by atoms with E-state index in [0.29, 0.717) is 0 Å². The van der Waals surface area contributed by atoms with E-state index in [4.69, 9.17) is 85.9 Å². The standard InChI is InChI=1S/2C11H15Cl.C11H16O.C11H16.2C10H12Cl2.C10H13Cl/c1-8-7-9(12)5-6-10(8)11(2,3)4;1-8-5-6-9(12)7-10(8)11(2,3)4;1-11(2,3)9-7-5-6-8-10(9)12-4;1-9-7-5-6-8-10(9)11(2,3)4;1-10(2,3)8-6-7(11)4-5-9(8)12;1-10(2,3)9-7(11)5-4-6-8(9)12;1-10(2,3)8-6-4-5-7-9(8)11/h2*5-7H,1-4H3;5-8H,1-4H3;5-8H,1-4H3;2*4-6H,1-3H3;4-7H,1-3H3. The van der Waals surface area contributed by atoms with E-state index in [-0.39, 0.29) is 37.9 Å². The third-order valence-corrected chi connectivity index (χ3v) is 15.0. The van der Waals surface area contributed by atoms with Crippen LogP contribution in [0.2, 0.25) is 35.2 Å². The monoisotopic (exact) mass is 1250 g/mol. The number of benzene rings is 7. The molecule has 8 heteroatoms. The number of rotatable bonds is 1. The highest BCUT2D eigenvalue weighted by Gasteiger charge is 2.22. The summed E-state index contributed by atoms with van der Waals surface area (Å²) in [5.41, 5.74) is 13.8. The summed E-state index contributed by atoms with van der Waals surface area (Å²) in [4.78, 5) is 0. The molecule has 0 saturated heterocycles. The zero-order valence-electron chi connectivity index (χ0n) is 54.4. The van der Waals surface area contributed by atoms with Gasteiger partial charge in [-0.1, -0.05) is 305 Å². The van der Waals surface area contributed by atoms with Gasteiger partial charge >= 0.3 is 0 Å². The first-order valence-corrected chi connectivity index (χ1v) is 30.8. The van der Waals surface area contributed by atoms with Crippen LogP contribution in [0.1, 0.15) is 201 Å². The van der Waals surface area contributed by atoms with Crippen LogP contribution in [-0.4, -0.2) is 7.11 Å². The Labute approximate surface area is 535 Å². The molecule has 0 aliphatic carbocycles. The first kappa shape index (κ1) is 76.4. The van der Waals surface area contributed by atoms with Gasteiger partial charge in [0, 0.05) is 35.2 Å². The molecule has 0 aliphatic rings. The predicted octanol–water partition coefficient (Wildman–Crippen LogP) is 26.4. The zero-order chi connectivity index (χ0) is 63.6. The molecular formula is C74H99Cl7O. The maximum Gasteiger partial charge on any atom is 0.122 e. The fourth-order valence-electron chi connectivity index (χ4n) is 8.91. The van der Waals surface area contributed by atoms with Gasteiger partial charge in [-0.05, 0) is 181 Å². The Morgan fingerprint density at radius 1 is 0.256 bits per heavy atom. The van der Waals surface area contributed by atoms with E-state index >= 15 is 0 Å². The van der Waals surface area contributed by atoms with Crippen molar-refractivity contribution in [2.75, 3.05) is 7.11 Å². The van der Waals surface area contributed by atoms with Gasteiger partial charge in [-0.3, -0.25) is 0 Å². The van der Waals surface area contributed by atoms with Crippen molar-refractivity contribution < 1.29 is 4.74 Å². The molecule has 7 rings (SSSR count). The van der Waals surface area contributed by atoms with E-state index in [1.54, 1.807) is 13.2 Å². The molecule has 7 aromatic rings. The molecule has 0 atom stereocenters. The van der Waals surface area contributed by atoms with Crippen LogP contribution in [0.15, 0.2) is 146 Å². The zero-order valence-corrected chi connectivity index (χ0v) is 59.7. The van der Waals surface area contributed by atoms with E-state index in [0.717, 1.165) is 52.0 Å². The van der Waals surface area contributed by atoms with E-state index in [2.05, 4.69) is 221 Å². The van der Waals surface area contributed by atoms with Crippen LogP contribution in [0.4, 0.5) is 0 Å². The minimum atomic E-state index is 0.00935. The van der Waals surface area contributed by atoms with Crippen molar-refractivity contribution in [3.05, 3.63) is 236 Å². The fourth-order valence-corrected chi connectivity index (χ4v) is 11.3. The van der Waals surface area contributed by atoms with E-state index in [1.807, 2.05) is 84.9 Å². The Balaban J connectivity index is 0.000000478. The highest BCUT2D eigenvalue weighted by Crippen LogP contribution is 2.36. The highest BCUT2D eigenvalue weighted by molar-refractivity contribution is 6.36. The van der Waals surface area contributed by atoms with Crippen LogP contribution in [0.5, 0.6) is 5.75 Å². The lowest BCUT2D eigenvalue weighted by molar-refractivity contribution is 0.397. The summed E-state index contributed by atoms with van der Waals surface area (Å²) in [7, 11) is 1.71. The van der Waals surface area contributed by atoms with Crippen molar-refractivity contribution in [1.29, 1.82) is 0 Å². The van der Waals surface area contributed by atoms with Gasteiger partial charge in [-0.25, -0.2) is 0 Å². The highest BCUT2D eigenvalue weighted by atomic mass is 35.5. The van der Waals surface area contributed by atoms with Gasteiger partial charge in [0.05, 0.1) is 7.11 Å². The molecule has 0 spiro atoms. The summed E-state index contributed by atoms with van der Waals surface area (Å²) in [6.07, 6.45) is 0. The molecule has 0 fully saturated rings. The lowest BCUT2D eigenvalue weighted by atomic mass is 9.84. The Hall–Kier alpha value is -3.63. The molecule has 0 saturated carbocycles.